The molecule has 8 heteroatoms. The number of hydrogen-bond donors (Lipinski definition) is 2. The van der Waals surface area contributed by atoms with Gasteiger partial charge in [-0.15, -0.1) is 0 Å². The number of likely N-dealkylation sites (tertiary alicyclic amines) is 1. The SMILES string of the molecule is Cc1c(NC(=O)n2cc3ccccc3c2)cccc1-c1ncnc2[nH]c(-c3ccc(C(=O)N4CCCCC4)cc3)cc12. The number of hydrogen-bond acceptors (Lipinski definition) is 4. The second-order valence-electron chi connectivity index (χ2n) is 10.8. The number of rotatable bonds is 4. The van der Waals surface area contributed by atoms with Crippen molar-refractivity contribution >= 4 is 39.4 Å². The molecule has 1 fully saturated rings. The van der Waals surface area contributed by atoms with Gasteiger partial charge in [0, 0.05) is 53.4 Å². The van der Waals surface area contributed by atoms with Gasteiger partial charge in [0.1, 0.15) is 12.0 Å². The highest BCUT2D eigenvalue weighted by Crippen LogP contribution is 2.34. The zero-order valence-corrected chi connectivity index (χ0v) is 23.3. The lowest BCUT2D eigenvalue weighted by Crippen LogP contribution is -2.35. The van der Waals surface area contributed by atoms with Crippen LogP contribution in [0.25, 0.3) is 44.3 Å². The Morgan fingerprint density at radius 2 is 1.60 bits per heavy atom. The van der Waals surface area contributed by atoms with Crippen molar-refractivity contribution in [2.45, 2.75) is 26.2 Å². The number of aromatic nitrogens is 4. The number of piperidine rings is 1. The minimum Gasteiger partial charge on any atom is -0.339 e. The Bertz CT molecular complexity index is 1910. The molecule has 3 aromatic heterocycles. The Balaban J connectivity index is 1.17. The van der Waals surface area contributed by atoms with E-state index in [9.17, 15) is 9.59 Å². The highest BCUT2D eigenvalue weighted by molar-refractivity contribution is 5.99. The zero-order valence-electron chi connectivity index (χ0n) is 23.3. The molecule has 0 bridgehead atoms. The fraction of sp³-hybridized carbons (Fsp3) is 0.176. The van der Waals surface area contributed by atoms with Gasteiger partial charge < -0.3 is 15.2 Å². The maximum absolute atomic E-state index is 13.1. The van der Waals surface area contributed by atoms with Crippen molar-refractivity contribution in [3.63, 3.8) is 0 Å². The number of benzene rings is 3. The molecule has 1 aliphatic heterocycles. The average Bonchev–Trinajstić information content (AvgIpc) is 3.67. The summed E-state index contributed by atoms with van der Waals surface area (Å²) < 4.78 is 1.57. The molecule has 0 aliphatic carbocycles. The number of nitrogens with one attached hydrogen (secondary N) is 2. The fourth-order valence-electron chi connectivity index (χ4n) is 5.79. The standard InChI is InChI=1S/C34H30N6O2/c1-22-27(10-7-11-29(22)38-34(42)40-19-25-8-3-4-9-26(25)20-40)31-28-18-30(37-32(28)36-21-35-31)23-12-14-24(15-13-23)33(41)39-16-5-2-6-17-39/h3-4,7-15,18-21H,2,5-6,16-17H2,1H3,(H,38,42)(H,35,36,37). The third kappa shape index (κ3) is 4.71. The van der Waals surface area contributed by atoms with Crippen molar-refractivity contribution in [1.82, 2.24) is 24.4 Å². The second kappa shape index (κ2) is 10.6. The molecule has 0 radical (unpaired) electrons. The molecule has 42 heavy (non-hydrogen) atoms. The molecule has 7 rings (SSSR count). The first-order valence-corrected chi connectivity index (χ1v) is 14.3. The van der Waals surface area contributed by atoms with Gasteiger partial charge in [-0.3, -0.25) is 9.36 Å². The van der Waals surface area contributed by atoms with Crippen LogP contribution in [-0.2, 0) is 0 Å². The first-order valence-electron chi connectivity index (χ1n) is 14.3. The van der Waals surface area contributed by atoms with Crippen LogP contribution in [0.3, 0.4) is 0 Å². The summed E-state index contributed by atoms with van der Waals surface area (Å²) in [5.41, 5.74) is 6.59. The predicted molar refractivity (Wildman–Crippen MR) is 166 cm³/mol. The third-order valence-electron chi connectivity index (χ3n) is 8.13. The summed E-state index contributed by atoms with van der Waals surface area (Å²) in [6, 6.07) is 23.3. The third-order valence-corrected chi connectivity index (χ3v) is 8.13. The molecule has 2 amide bonds. The van der Waals surface area contributed by atoms with Gasteiger partial charge in [-0.1, -0.05) is 48.5 Å². The number of carbonyl (C=O) groups is 2. The van der Waals surface area contributed by atoms with E-state index in [-0.39, 0.29) is 11.9 Å². The van der Waals surface area contributed by atoms with Crippen molar-refractivity contribution in [3.8, 4) is 22.5 Å². The zero-order chi connectivity index (χ0) is 28.6. The van der Waals surface area contributed by atoms with Crippen LogP contribution < -0.4 is 5.32 Å². The minimum absolute atomic E-state index is 0.0959. The first kappa shape index (κ1) is 25.7. The van der Waals surface area contributed by atoms with E-state index in [1.165, 1.54) is 6.42 Å². The molecule has 3 aromatic carbocycles. The molecule has 0 saturated carbocycles. The van der Waals surface area contributed by atoms with Crippen molar-refractivity contribution in [3.05, 3.63) is 103 Å². The van der Waals surface area contributed by atoms with Crippen LogP contribution in [-0.4, -0.2) is 49.4 Å². The quantitative estimate of drug-likeness (QED) is 0.240. The normalized spacial score (nSPS) is 13.5. The second-order valence-corrected chi connectivity index (χ2v) is 10.8. The van der Waals surface area contributed by atoms with Gasteiger partial charge in [-0.25, -0.2) is 14.8 Å². The smallest absolute Gasteiger partial charge is 0.330 e. The summed E-state index contributed by atoms with van der Waals surface area (Å²) in [5.74, 6) is 0.0959. The van der Waals surface area contributed by atoms with E-state index < -0.39 is 0 Å². The molecular formula is C34H30N6O2. The topological polar surface area (TPSA) is 95.9 Å². The van der Waals surface area contributed by atoms with Gasteiger partial charge >= 0.3 is 6.03 Å². The van der Waals surface area contributed by atoms with E-state index in [1.807, 2.05) is 97.0 Å². The van der Waals surface area contributed by atoms with Crippen molar-refractivity contribution < 1.29 is 9.59 Å². The molecule has 0 spiro atoms. The van der Waals surface area contributed by atoms with Crippen molar-refractivity contribution in [2.75, 3.05) is 18.4 Å². The first-order chi connectivity index (χ1) is 20.5. The van der Waals surface area contributed by atoms with Gasteiger partial charge in [0.2, 0.25) is 0 Å². The van der Waals surface area contributed by atoms with Crippen LogP contribution >= 0.6 is 0 Å². The average molecular weight is 555 g/mol. The Labute approximate surface area is 243 Å². The number of anilines is 1. The molecule has 2 N–H and O–H groups in total. The number of nitrogens with zero attached hydrogens (tertiary/aromatic N) is 4. The maximum Gasteiger partial charge on any atom is 0.330 e. The predicted octanol–water partition coefficient (Wildman–Crippen LogP) is 7.26. The Morgan fingerprint density at radius 1 is 0.857 bits per heavy atom. The summed E-state index contributed by atoms with van der Waals surface area (Å²) in [4.78, 5) is 40.5. The molecular weight excluding hydrogens is 524 g/mol. The van der Waals surface area contributed by atoms with Gasteiger partial charge in [0.25, 0.3) is 5.91 Å². The highest BCUT2D eigenvalue weighted by Gasteiger charge is 2.19. The van der Waals surface area contributed by atoms with Crippen molar-refractivity contribution in [2.24, 2.45) is 0 Å². The van der Waals surface area contributed by atoms with Crippen LogP contribution in [0.5, 0.6) is 0 Å². The lowest BCUT2D eigenvalue weighted by molar-refractivity contribution is 0.0724. The van der Waals surface area contributed by atoms with Crippen LogP contribution in [0.1, 0.15) is 35.2 Å². The molecule has 1 aliphatic rings. The van der Waals surface area contributed by atoms with Gasteiger partial charge in [-0.2, -0.15) is 0 Å². The van der Waals surface area contributed by atoms with E-state index in [4.69, 9.17) is 0 Å². The van der Waals surface area contributed by atoms with Crippen molar-refractivity contribution in [1.29, 1.82) is 0 Å². The summed E-state index contributed by atoms with van der Waals surface area (Å²) >= 11 is 0. The van der Waals surface area contributed by atoms with Crippen LogP contribution in [0.15, 0.2) is 91.5 Å². The van der Waals surface area contributed by atoms with Gasteiger partial charge in [0.05, 0.1) is 5.69 Å². The highest BCUT2D eigenvalue weighted by atomic mass is 16.2. The van der Waals surface area contributed by atoms with Crippen LogP contribution in [0.2, 0.25) is 0 Å². The molecule has 6 aromatic rings. The Morgan fingerprint density at radius 3 is 2.33 bits per heavy atom. The molecule has 0 unspecified atom stereocenters. The number of fused-ring (bicyclic) bond motifs is 2. The van der Waals surface area contributed by atoms with E-state index in [0.717, 1.165) is 75.8 Å². The molecule has 0 atom stereocenters. The summed E-state index contributed by atoms with van der Waals surface area (Å²) in [6.45, 7) is 3.65. The monoisotopic (exact) mass is 554 g/mol. The van der Waals surface area contributed by atoms with E-state index in [0.29, 0.717) is 11.3 Å². The van der Waals surface area contributed by atoms with E-state index in [1.54, 1.807) is 10.9 Å². The minimum atomic E-state index is -0.231. The Hall–Kier alpha value is -5.24. The molecule has 1 saturated heterocycles. The fourth-order valence-corrected chi connectivity index (χ4v) is 5.79. The number of amides is 2. The number of H-pyrrole nitrogens is 1. The maximum atomic E-state index is 13.1. The van der Waals surface area contributed by atoms with E-state index in [2.05, 4.69) is 20.3 Å². The lowest BCUT2D eigenvalue weighted by Gasteiger charge is -2.26. The molecule has 8 nitrogen and oxygen atoms in total. The van der Waals surface area contributed by atoms with E-state index >= 15 is 0 Å². The molecule has 208 valence electrons. The van der Waals surface area contributed by atoms with Crippen LogP contribution in [0.4, 0.5) is 10.5 Å². The number of carbonyl (C=O) groups excluding carboxylic acids is 2. The summed E-state index contributed by atoms with van der Waals surface area (Å²) in [5, 5.41) is 5.95. The largest absolute Gasteiger partial charge is 0.339 e. The summed E-state index contributed by atoms with van der Waals surface area (Å²) in [7, 11) is 0. The van der Waals surface area contributed by atoms with Crippen LogP contribution in [0, 0.1) is 6.92 Å². The molecule has 4 heterocycles. The number of aromatic amines is 1. The van der Waals surface area contributed by atoms with Gasteiger partial charge in [-0.05, 0) is 72.4 Å². The lowest BCUT2D eigenvalue weighted by atomic mass is 10.0. The van der Waals surface area contributed by atoms with Gasteiger partial charge in [0.15, 0.2) is 0 Å². The Kier molecular flexibility index (Phi) is 6.51. The summed E-state index contributed by atoms with van der Waals surface area (Å²) in [6.07, 6.45) is 8.54.